The fourth-order valence-corrected chi connectivity index (χ4v) is 2.99. The molecule has 1 fully saturated rings. The number of nitrogens with one attached hydrogen (secondary N) is 2. The molecular weight excluding hydrogens is 320 g/mol. The van der Waals surface area contributed by atoms with E-state index in [0.717, 1.165) is 39.1 Å². The van der Waals surface area contributed by atoms with Gasteiger partial charge < -0.3 is 19.9 Å². The predicted molar refractivity (Wildman–Crippen MR) is 96.9 cm³/mol. The van der Waals surface area contributed by atoms with Crippen LogP contribution in [0.3, 0.4) is 0 Å². The molecule has 0 spiro atoms. The molecule has 1 aliphatic heterocycles. The molecule has 2 N–H and O–H groups in total. The predicted octanol–water partition coefficient (Wildman–Crippen LogP) is 1.16. The Kier molecular flexibility index (Phi) is 6.72. The zero-order valence-electron chi connectivity index (χ0n) is 15.7. The summed E-state index contributed by atoms with van der Waals surface area (Å²) in [6.45, 7) is 10.3. The van der Waals surface area contributed by atoms with Gasteiger partial charge >= 0.3 is 0 Å². The molecule has 0 radical (unpaired) electrons. The van der Waals surface area contributed by atoms with Crippen LogP contribution in [0.5, 0.6) is 0 Å². The van der Waals surface area contributed by atoms with Gasteiger partial charge in [0.15, 0.2) is 0 Å². The molecule has 1 aliphatic rings. The van der Waals surface area contributed by atoms with E-state index in [1.54, 1.807) is 7.11 Å². The first kappa shape index (κ1) is 19.6. The maximum Gasteiger partial charge on any atom is 0.263 e. The van der Waals surface area contributed by atoms with Crippen molar-refractivity contribution in [2.75, 3.05) is 39.9 Å². The first-order chi connectivity index (χ1) is 11.8. The Hall–Kier alpha value is -1.73. The van der Waals surface area contributed by atoms with Gasteiger partial charge in [-0.15, -0.1) is 0 Å². The number of H-pyrrole nitrogens is 1. The van der Waals surface area contributed by atoms with Crippen LogP contribution in [0, 0.1) is 5.92 Å². The van der Waals surface area contributed by atoms with Crippen LogP contribution in [-0.2, 0) is 10.2 Å². The van der Waals surface area contributed by atoms with Crippen molar-refractivity contribution in [3.8, 4) is 0 Å². The van der Waals surface area contributed by atoms with Crippen molar-refractivity contribution in [1.29, 1.82) is 0 Å². The minimum Gasteiger partial charge on any atom is -0.385 e. The van der Waals surface area contributed by atoms with E-state index in [4.69, 9.17) is 4.74 Å². The lowest BCUT2D eigenvalue weighted by Gasteiger charge is -2.17. The van der Waals surface area contributed by atoms with Crippen molar-refractivity contribution in [3.63, 3.8) is 0 Å². The Balaban J connectivity index is 1.84. The lowest BCUT2D eigenvalue weighted by Crippen LogP contribution is -2.35. The number of aromatic nitrogens is 2. The molecule has 25 heavy (non-hydrogen) atoms. The largest absolute Gasteiger partial charge is 0.385 e. The molecule has 0 aliphatic carbocycles. The van der Waals surface area contributed by atoms with Crippen LogP contribution < -0.4 is 10.9 Å². The summed E-state index contributed by atoms with van der Waals surface area (Å²) in [5, 5.41) is 2.88. The Morgan fingerprint density at radius 3 is 2.88 bits per heavy atom. The lowest BCUT2D eigenvalue weighted by atomic mass is 9.96. The molecule has 1 aromatic heterocycles. The zero-order chi connectivity index (χ0) is 18.4. The van der Waals surface area contributed by atoms with Crippen LogP contribution in [0.4, 0.5) is 0 Å². The molecular formula is C18H30N4O3. The second-order valence-electron chi connectivity index (χ2n) is 7.74. The maximum atomic E-state index is 12.3. The molecule has 1 saturated heterocycles. The third-order valence-corrected chi connectivity index (χ3v) is 4.50. The second-order valence-corrected chi connectivity index (χ2v) is 7.74. The van der Waals surface area contributed by atoms with Crippen LogP contribution in [0.25, 0.3) is 0 Å². The van der Waals surface area contributed by atoms with Crippen LogP contribution in [0.1, 0.15) is 49.8 Å². The van der Waals surface area contributed by atoms with Crippen LogP contribution in [-0.4, -0.2) is 60.7 Å². The number of aromatic amines is 1. The molecule has 0 aromatic carbocycles. The molecule has 2 heterocycles. The van der Waals surface area contributed by atoms with E-state index >= 15 is 0 Å². The van der Waals surface area contributed by atoms with Crippen LogP contribution >= 0.6 is 0 Å². The fourth-order valence-electron chi connectivity index (χ4n) is 2.99. The summed E-state index contributed by atoms with van der Waals surface area (Å²) in [5.41, 5.74) is -0.572. The van der Waals surface area contributed by atoms with Gasteiger partial charge in [-0.2, -0.15) is 0 Å². The number of carbonyl (C=O) groups is 1. The van der Waals surface area contributed by atoms with Crippen molar-refractivity contribution in [2.24, 2.45) is 5.92 Å². The molecule has 7 heteroatoms. The lowest BCUT2D eigenvalue weighted by molar-refractivity contribution is 0.0945. The Morgan fingerprint density at radius 2 is 2.24 bits per heavy atom. The minimum absolute atomic E-state index is 0.0722. The summed E-state index contributed by atoms with van der Waals surface area (Å²) < 4.78 is 5.07. The molecule has 0 saturated carbocycles. The number of rotatable bonds is 7. The normalized spacial score (nSPS) is 18.5. The van der Waals surface area contributed by atoms with Gasteiger partial charge in [-0.3, -0.25) is 9.59 Å². The van der Waals surface area contributed by atoms with Gasteiger partial charge in [0, 0.05) is 45.0 Å². The first-order valence-electron chi connectivity index (χ1n) is 8.90. The van der Waals surface area contributed by atoms with Crippen molar-refractivity contribution in [3.05, 3.63) is 27.9 Å². The Labute approximate surface area is 149 Å². The van der Waals surface area contributed by atoms with Crippen LogP contribution in [0.15, 0.2) is 11.0 Å². The van der Waals surface area contributed by atoms with Gasteiger partial charge in [-0.25, -0.2) is 4.98 Å². The third kappa shape index (κ3) is 5.64. The van der Waals surface area contributed by atoms with Gasteiger partial charge in [-0.1, -0.05) is 20.8 Å². The quantitative estimate of drug-likeness (QED) is 0.721. The van der Waals surface area contributed by atoms with Gasteiger partial charge in [0.05, 0.1) is 0 Å². The minimum atomic E-state index is -0.384. The summed E-state index contributed by atoms with van der Waals surface area (Å²) in [4.78, 5) is 33.8. The SMILES string of the molecule is COCCCN1CC[C@H](CNC(=O)c2cnc(C(C)(C)C)[nH]c2=O)C1. The monoisotopic (exact) mass is 350 g/mol. The highest BCUT2D eigenvalue weighted by molar-refractivity contribution is 5.93. The third-order valence-electron chi connectivity index (χ3n) is 4.50. The highest BCUT2D eigenvalue weighted by Crippen LogP contribution is 2.17. The second kappa shape index (κ2) is 8.58. The highest BCUT2D eigenvalue weighted by atomic mass is 16.5. The molecule has 0 bridgehead atoms. The van der Waals surface area contributed by atoms with Crippen molar-refractivity contribution < 1.29 is 9.53 Å². The molecule has 1 aromatic rings. The average molecular weight is 350 g/mol. The van der Waals surface area contributed by atoms with Crippen molar-refractivity contribution >= 4 is 5.91 Å². The van der Waals surface area contributed by atoms with Gasteiger partial charge in [0.25, 0.3) is 11.5 Å². The summed E-state index contributed by atoms with van der Waals surface area (Å²) in [7, 11) is 1.72. The van der Waals surface area contributed by atoms with Gasteiger partial charge in [-0.05, 0) is 25.3 Å². The molecule has 2 rings (SSSR count). The summed E-state index contributed by atoms with van der Waals surface area (Å²) in [6.07, 6.45) is 3.46. The van der Waals surface area contributed by atoms with Gasteiger partial charge in [0.1, 0.15) is 11.4 Å². The number of methoxy groups -OCH3 is 1. The standard InChI is InChI=1S/C18H30N4O3/c1-18(2,3)17-20-11-14(16(24)21-17)15(23)19-10-13-6-8-22(12-13)7-5-9-25-4/h11,13H,5-10,12H2,1-4H3,(H,19,23)(H,20,21,24)/t13-/m1/s1. The van der Waals surface area contributed by atoms with E-state index in [9.17, 15) is 9.59 Å². The van der Waals surface area contributed by atoms with E-state index in [-0.39, 0.29) is 22.4 Å². The topological polar surface area (TPSA) is 87.3 Å². The number of ether oxygens (including phenoxy) is 1. The fraction of sp³-hybridized carbons (Fsp3) is 0.722. The number of hydrogen-bond acceptors (Lipinski definition) is 5. The number of amides is 1. The summed E-state index contributed by atoms with van der Waals surface area (Å²) >= 11 is 0. The molecule has 0 unspecified atom stereocenters. The molecule has 7 nitrogen and oxygen atoms in total. The van der Waals surface area contributed by atoms with Crippen LogP contribution in [0.2, 0.25) is 0 Å². The van der Waals surface area contributed by atoms with Crippen molar-refractivity contribution in [1.82, 2.24) is 20.2 Å². The summed E-state index contributed by atoms with van der Waals surface area (Å²) in [5.74, 6) is 0.649. The smallest absolute Gasteiger partial charge is 0.263 e. The molecule has 1 amide bonds. The Bertz CT molecular complexity index is 636. The van der Waals surface area contributed by atoms with Crippen molar-refractivity contribution in [2.45, 2.75) is 39.0 Å². The van der Waals surface area contributed by atoms with E-state index in [0.29, 0.717) is 18.3 Å². The zero-order valence-corrected chi connectivity index (χ0v) is 15.7. The molecule has 140 valence electrons. The van der Waals surface area contributed by atoms with E-state index in [1.165, 1.54) is 6.20 Å². The maximum absolute atomic E-state index is 12.3. The number of hydrogen-bond donors (Lipinski definition) is 2. The summed E-state index contributed by atoms with van der Waals surface area (Å²) in [6, 6.07) is 0. The number of nitrogens with zero attached hydrogens (tertiary/aromatic N) is 2. The van der Waals surface area contributed by atoms with E-state index < -0.39 is 0 Å². The molecule has 1 atom stereocenters. The van der Waals surface area contributed by atoms with Gasteiger partial charge in [0.2, 0.25) is 0 Å². The highest BCUT2D eigenvalue weighted by Gasteiger charge is 2.23. The number of likely N-dealkylation sites (tertiary alicyclic amines) is 1. The van der Waals surface area contributed by atoms with E-state index in [2.05, 4.69) is 20.2 Å². The first-order valence-corrected chi connectivity index (χ1v) is 8.90. The number of carbonyl (C=O) groups excluding carboxylic acids is 1. The van der Waals surface area contributed by atoms with E-state index in [1.807, 2.05) is 20.8 Å². The average Bonchev–Trinajstić information content (AvgIpc) is 3.00. The Morgan fingerprint density at radius 1 is 1.48 bits per heavy atom.